The Hall–Kier alpha value is -2.87. The highest BCUT2D eigenvalue weighted by Crippen LogP contribution is 2.25. The van der Waals surface area contributed by atoms with Gasteiger partial charge in [0.05, 0.1) is 17.0 Å². The van der Waals surface area contributed by atoms with Crippen LogP contribution in [-0.4, -0.2) is 38.9 Å². The number of pyridine rings is 1. The topological polar surface area (TPSA) is 83.9 Å². The third kappa shape index (κ3) is 3.41. The Bertz CT molecular complexity index is 920. The average molecular weight is 366 g/mol. The number of thiazole rings is 1. The summed E-state index contributed by atoms with van der Waals surface area (Å²) in [6.45, 7) is 3.76. The van der Waals surface area contributed by atoms with Gasteiger partial charge >= 0.3 is 0 Å². The molecule has 0 aliphatic carbocycles. The van der Waals surface area contributed by atoms with Gasteiger partial charge in [-0.15, -0.1) is 11.3 Å². The third-order valence-electron chi connectivity index (χ3n) is 4.16. The molecule has 0 bridgehead atoms. The maximum atomic E-state index is 12.8. The van der Waals surface area contributed by atoms with Crippen molar-refractivity contribution in [2.75, 3.05) is 23.3 Å². The number of amides is 1. The Morgan fingerprint density at radius 3 is 2.73 bits per heavy atom. The monoisotopic (exact) mass is 366 g/mol. The zero-order valence-electron chi connectivity index (χ0n) is 14.3. The minimum atomic E-state index is -0.284. The van der Waals surface area contributed by atoms with E-state index in [1.807, 2.05) is 30.5 Å². The van der Waals surface area contributed by atoms with Gasteiger partial charge in [-0.1, -0.05) is 6.07 Å². The van der Waals surface area contributed by atoms with Gasteiger partial charge in [0.15, 0.2) is 5.13 Å². The molecule has 4 heterocycles. The van der Waals surface area contributed by atoms with Crippen molar-refractivity contribution < 1.29 is 4.79 Å². The van der Waals surface area contributed by atoms with E-state index in [1.165, 1.54) is 11.3 Å². The molecule has 7 nitrogen and oxygen atoms in total. The van der Waals surface area contributed by atoms with Crippen LogP contribution in [0.2, 0.25) is 0 Å². The molecular weight excluding hydrogens is 348 g/mol. The predicted octanol–water partition coefficient (Wildman–Crippen LogP) is 3.16. The van der Waals surface area contributed by atoms with E-state index in [9.17, 15) is 4.79 Å². The number of nitrogens with zero attached hydrogens (tertiary/aromatic N) is 5. The van der Waals surface area contributed by atoms with Gasteiger partial charge in [0.2, 0.25) is 5.95 Å². The maximum absolute atomic E-state index is 12.8. The van der Waals surface area contributed by atoms with Crippen molar-refractivity contribution in [2.45, 2.75) is 19.8 Å². The lowest BCUT2D eigenvalue weighted by Gasteiger charge is -2.17. The molecule has 0 radical (unpaired) electrons. The summed E-state index contributed by atoms with van der Waals surface area (Å²) >= 11 is 1.39. The van der Waals surface area contributed by atoms with E-state index < -0.39 is 0 Å². The molecule has 3 aromatic heterocycles. The highest BCUT2D eigenvalue weighted by Gasteiger charge is 2.21. The van der Waals surface area contributed by atoms with Crippen molar-refractivity contribution in [3.05, 3.63) is 47.2 Å². The number of anilines is 2. The van der Waals surface area contributed by atoms with Gasteiger partial charge in [-0.2, -0.15) is 0 Å². The number of hydrogen-bond acceptors (Lipinski definition) is 7. The van der Waals surface area contributed by atoms with Crippen LogP contribution in [0, 0.1) is 6.92 Å². The van der Waals surface area contributed by atoms with E-state index in [4.69, 9.17) is 0 Å². The van der Waals surface area contributed by atoms with E-state index in [2.05, 4.69) is 30.2 Å². The van der Waals surface area contributed by atoms with Crippen LogP contribution in [0.15, 0.2) is 36.0 Å². The first kappa shape index (κ1) is 16.6. The number of carbonyl (C=O) groups excluding carboxylic acids is 1. The van der Waals surface area contributed by atoms with Crippen LogP contribution in [0.25, 0.3) is 11.4 Å². The highest BCUT2D eigenvalue weighted by molar-refractivity contribution is 7.13. The Balaban J connectivity index is 1.71. The molecule has 0 saturated carbocycles. The molecule has 1 saturated heterocycles. The molecule has 132 valence electrons. The van der Waals surface area contributed by atoms with Crippen molar-refractivity contribution in [3.63, 3.8) is 0 Å². The maximum Gasteiger partial charge on any atom is 0.261 e. The fourth-order valence-corrected chi connectivity index (χ4v) is 3.57. The number of carbonyl (C=O) groups is 1. The molecule has 1 aliphatic rings. The van der Waals surface area contributed by atoms with Gasteiger partial charge in [0.25, 0.3) is 5.91 Å². The van der Waals surface area contributed by atoms with Gasteiger partial charge in [0.1, 0.15) is 5.69 Å². The van der Waals surface area contributed by atoms with Gasteiger partial charge in [-0.25, -0.2) is 15.0 Å². The lowest BCUT2D eigenvalue weighted by molar-refractivity contribution is 0.102. The van der Waals surface area contributed by atoms with Crippen molar-refractivity contribution in [3.8, 4) is 11.4 Å². The van der Waals surface area contributed by atoms with E-state index in [-0.39, 0.29) is 5.91 Å². The van der Waals surface area contributed by atoms with Gasteiger partial charge in [-0.05, 0) is 31.9 Å². The highest BCUT2D eigenvalue weighted by atomic mass is 32.1. The molecule has 1 fully saturated rings. The van der Waals surface area contributed by atoms with Crippen molar-refractivity contribution in [1.29, 1.82) is 0 Å². The van der Waals surface area contributed by atoms with E-state index in [1.54, 1.807) is 12.4 Å². The standard InChI is InChI=1S/C18H18N6OS/c1-12-11-26-18(21-12)23-16(25)13-10-20-17(24-8-4-5-9-24)22-15(13)14-6-2-3-7-19-14/h2-3,6-7,10-11H,4-5,8-9H2,1H3,(H,21,23,25). The Labute approximate surface area is 155 Å². The molecule has 3 aromatic rings. The third-order valence-corrected chi connectivity index (χ3v) is 5.03. The zero-order valence-corrected chi connectivity index (χ0v) is 15.2. The SMILES string of the molecule is Cc1csc(NC(=O)c2cnc(N3CCCC3)nc2-c2ccccn2)n1. The van der Waals surface area contributed by atoms with Gasteiger partial charge < -0.3 is 4.90 Å². The minimum absolute atomic E-state index is 0.284. The first-order valence-corrected chi connectivity index (χ1v) is 9.35. The second-order valence-corrected chi connectivity index (χ2v) is 6.95. The van der Waals surface area contributed by atoms with E-state index in [0.717, 1.165) is 31.6 Å². The van der Waals surface area contributed by atoms with Crippen molar-refractivity contribution in [1.82, 2.24) is 19.9 Å². The minimum Gasteiger partial charge on any atom is -0.341 e. The van der Waals surface area contributed by atoms with Crippen LogP contribution in [0.5, 0.6) is 0 Å². The summed E-state index contributed by atoms with van der Waals surface area (Å²) in [6, 6.07) is 5.57. The van der Waals surface area contributed by atoms with E-state index >= 15 is 0 Å². The largest absolute Gasteiger partial charge is 0.341 e. The molecule has 26 heavy (non-hydrogen) atoms. The fraction of sp³-hybridized carbons (Fsp3) is 0.278. The molecule has 4 rings (SSSR count). The Morgan fingerprint density at radius 2 is 2.04 bits per heavy atom. The number of hydrogen-bond donors (Lipinski definition) is 1. The molecule has 1 amide bonds. The molecular formula is C18H18N6OS. The number of nitrogens with one attached hydrogen (secondary N) is 1. The van der Waals surface area contributed by atoms with Crippen molar-refractivity contribution in [2.24, 2.45) is 0 Å². The van der Waals surface area contributed by atoms with E-state index in [0.29, 0.717) is 28.0 Å². The Morgan fingerprint density at radius 1 is 1.19 bits per heavy atom. The lowest BCUT2D eigenvalue weighted by Crippen LogP contribution is -2.22. The number of rotatable bonds is 4. The molecule has 1 N–H and O–H groups in total. The lowest BCUT2D eigenvalue weighted by atomic mass is 10.1. The van der Waals surface area contributed by atoms with Gasteiger partial charge in [0, 0.05) is 30.9 Å². The second kappa shape index (κ2) is 7.17. The first-order valence-electron chi connectivity index (χ1n) is 8.47. The number of aromatic nitrogens is 4. The summed E-state index contributed by atoms with van der Waals surface area (Å²) in [7, 11) is 0. The molecule has 0 spiro atoms. The smallest absolute Gasteiger partial charge is 0.261 e. The van der Waals surface area contributed by atoms with Crippen LogP contribution >= 0.6 is 11.3 Å². The van der Waals surface area contributed by atoms with Gasteiger partial charge in [-0.3, -0.25) is 15.1 Å². The quantitative estimate of drug-likeness (QED) is 0.764. The average Bonchev–Trinajstić information content (AvgIpc) is 3.34. The summed E-state index contributed by atoms with van der Waals surface area (Å²) in [4.78, 5) is 32.7. The normalized spacial score (nSPS) is 13.8. The second-order valence-electron chi connectivity index (χ2n) is 6.09. The fourth-order valence-electron chi connectivity index (χ4n) is 2.88. The van der Waals surface area contributed by atoms with Crippen LogP contribution in [0.3, 0.4) is 0 Å². The zero-order chi connectivity index (χ0) is 17.9. The summed E-state index contributed by atoms with van der Waals surface area (Å²) in [5.41, 5.74) is 2.44. The molecule has 0 atom stereocenters. The molecule has 8 heteroatoms. The summed E-state index contributed by atoms with van der Waals surface area (Å²) in [5.74, 6) is 0.359. The molecule has 0 aromatic carbocycles. The van der Waals surface area contributed by atoms with Crippen LogP contribution in [-0.2, 0) is 0 Å². The van der Waals surface area contributed by atoms with Crippen LogP contribution < -0.4 is 10.2 Å². The molecule has 1 aliphatic heterocycles. The van der Waals surface area contributed by atoms with Crippen LogP contribution in [0.4, 0.5) is 11.1 Å². The van der Waals surface area contributed by atoms with Crippen molar-refractivity contribution >= 4 is 28.3 Å². The Kier molecular flexibility index (Phi) is 4.57. The summed E-state index contributed by atoms with van der Waals surface area (Å²) in [5, 5.41) is 5.27. The van der Waals surface area contributed by atoms with Crippen LogP contribution in [0.1, 0.15) is 28.9 Å². The summed E-state index contributed by atoms with van der Waals surface area (Å²) in [6.07, 6.45) is 5.54. The number of aryl methyl sites for hydroxylation is 1. The predicted molar refractivity (Wildman–Crippen MR) is 102 cm³/mol. The summed E-state index contributed by atoms with van der Waals surface area (Å²) < 4.78 is 0. The molecule has 0 unspecified atom stereocenters. The first-order chi connectivity index (χ1) is 12.7.